The summed E-state index contributed by atoms with van der Waals surface area (Å²) in [4.78, 5) is 28.9. The number of aryl methyl sites for hydroxylation is 1. The highest BCUT2D eigenvalue weighted by atomic mass is 79.9. The molecule has 2 heterocycles. The normalized spacial score (nSPS) is 20.6. The van der Waals surface area contributed by atoms with Crippen LogP contribution in [0.5, 0.6) is 0 Å². The maximum Gasteiger partial charge on any atom is 0.437 e. The Hall–Kier alpha value is -2.41. The zero-order valence-electron chi connectivity index (χ0n) is 12.5. The van der Waals surface area contributed by atoms with Gasteiger partial charge in [0.1, 0.15) is 4.60 Å². The Morgan fingerprint density at radius 1 is 1.17 bits per heavy atom. The summed E-state index contributed by atoms with van der Waals surface area (Å²) in [5.41, 5.74) is 3.59. The van der Waals surface area contributed by atoms with E-state index in [2.05, 4.69) is 26.3 Å². The van der Waals surface area contributed by atoms with E-state index in [4.69, 9.17) is 4.74 Å². The van der Waals surface area contributed by atoms with E-state index in [0.29, 0.717) is 15.9 Å². The number of aromatic nitrogens is 1. The topological polar surface area (TPSA) is 71.5 Å². The van der Waals surface area contributed by atoms with Gasteiger partial charge in [0, 0.05) is 11.8 Å². The molecule has 2 aromatic rings. The number of nitrogens with zero attached hydrogens (tertiary/aromatic N) is 2. The summed E-state index contributed by atoms with van der Waals surface area (Å²) in [5, 5.41) is 0.882. The number of nitrogens with one attached hydrogen (secondary N) is 1. The van der Waals surface area contributed by atoms with Gasteiger partial charge in [0.05, 0.1) is 5.69 Å². The molecule has 3 rings (SSSR count). The maximum absolute atomic E-state index is 12.7. The lowest BCUT2D eigenvalue weighted by atomic mass is 9.97. The highest BCUT2D eigenvalue weighted by molar-refractivity contribution is 9.10. The molecule has 1 unspecified atom stereocenters. The quantitative estimate of drug-likeness (QED) is 0.832. The van der Waals surface area contributed by atoms with Crippen molar-refractivity contribution in [2.24, 2.45) is 0 Å². The Morgan fingerprint density at radius 2 is 1.87 bits per heavy atom. The molecule has 23 heavy (non-hydrogen) atoms. The second-order valence-corrected chi connectivity index (χ2v) is 6.20. The Morgan fingerprint density at radius 3 is 2.48 bits per heavy atom. The molecule has 118 valence electrons. The minimum atomic E-state index is -1.40. The lowest BCUT2D eigenvalue weighted by Gasteiger charge is -2.20. The fourth-order valence-electron chi connectivity index (χ4n) is 2.25. The first-order valence-corrected chi connectivity index (χ1v) is 7.72. The molecule has 6 nitrogen and oxygen atoms in total. The van der Waals surface area contributed by atoms with E-state index < -0.39 is 17.6 Å². The number of carbonyl (C=O) groups excluding carboxylic acids is 2. The zero-order chi connectivity index (χ0) is 16.6. The fourth-order valence-corrected chi connectivity index (χ4v) is 2.49. The van der Waals surface area contributed by atoms with Crippen LogP contribution in [-0.4, -0.2) is 22.0 Å². The number of imide groups is 1. The molecule has 1 saturated heterocycles. The number of hydrogen-bond acceptors (Lipinski definition) is 5. The van der Waals surface area contributed by atoms with Crippen LogP contribution in [0, 0.1) is 6.92 Å². The highest BCUT2D eigenvalue weighted by Crippen LogP contribution is 2.34. The van der Waals surface area contributed by atoms with Crippen LogP contribution in [0.1, 0.15) is 18.1 Å². The number of pyridine rings is 1. The first kappa shape index (κ1) is 15.5. The van der Waals surface area contributed by atoms with Crippen LogP contribution in [0.2, 0.25) is 0 Å². The van der Waals surface area contributed by atoms with Gasteiger partial charge in [0.25, 0.3) is 5.91 Å². The summed E-state index contributed by atoms with van der Waals surface area (Å²) in [6, 6.07) is 10.7. The fraction of sp³-hybridized carbons (Fsp3) is 0.188. The van der Waals surface area contributed by atoms with Gasteiger partial charge in [-0.05, 0) is 48.0 Å². The third kappa shape index (κ3) is 2.79. The third-order valence-corrected chi connectivity index (χ3v) is 4.13. The van der Waals surface area contributed by atoms with Gasteiger partial charge in [0.2, 0.25) is 5.60 Å². The monoisotopic (exact) mass is 375 g/mol. The molecule has 1 aromatic carbocycles. The van der Waals surface area contributed by atoms with Crippen LogP contribution in [0.3, 0.4) is 0 Å². The number of hydrazine groups is 1. The molecule has 1 atom stereocenters. The maximum atomic E-state index is 12.7. The van der Waals surface area contributed by atoms with E-state index in [1.165, 1.54) is 6.20 Å². The van der Waals surface area contributed by atoms with Crippen molar-refractivity contribution in [3.8, 4) is 0 Å². The summed E-state index contributed by atoms with van der Waals surface area (Å²) < 4.78 is 5.95. The Kier molecular flexibility index (Phi) is 3.81. The van der Waals surface area contributed by atoms with Crippen LogP contribution < -0.4 is 5.43 Å². The van der Waals surface area contributed by atoms with E-state index >= 15 is 0 Å². The summed E-state index contributed by atoms with van der Waals surface area (Å²) >= 11 is 3.23. The minimum Gasteiger partial charge on any atom is -0.426 e. The molecule has 1 N–H and O–H groups in total. The molecule has 7 heteroatoms. The highest BCUT2D eigenvalue weighted by Gasteiger charge is 2.52. The molecular formula is C16H14BrN3O3. The SMILES string of the molecule is Cc1ccc(NN2C(=O)OC(C)(c3ccc(Br)nc3)C2=O)cc1. The Bertz CT molecular complexity index is 761. The lowest BCUT2D eigenvalue weighted by molar-refractivity contribution is -0.135. The van der Waals surface area contributed by atoms with Crippen LogP contribution in [-0.2, 0) is 15.1 Å². The molecule has 1 aromatic heterocycles. The van der Waals surface area contributed by atoms with Crippen LogP contribution in [0.25, 0.3) is 0 Å². The number of amides is 2. The first-order valence-electron chi connectivity index (χ1n) is 6.93. The molecule has 1 aliphatic heterocycles. The number of rotatable bonds is 3. The molecule has 0 spiro atoms. The third-order valence-electron chi connectivity index (χ3n) is 3.66. The number of benzene rings is 1. The molecule has 1 aliphatic rings. The Balaban J connectivity index is 1.87. The predicted molar refractivity (Wildman–Crippen MR) is 87.4 cm³/mol. The minimum absolute atomic E-state index is 0.493. The van der Waals surface area contributed by atoms with Crippen molar-refractivity contribution in [2.45, 2.75) is 19.4 Å². The van der Waals surface area contributed by atoms with Crippen molar-refractivity contribution in [3.63, 3.8) is 0 Å². The van der Waals surface area contributed by atoms with Gasteiger partial charge in [-0.15, -0.1) is 5.01 Å². The van der Waals surface area contributed by atoms with Crippen LogP contribution in [0.4, 0.5) is 10.5 Å². The summed E-state index contributed by atoms with van der Waals surface area (Å²) in [6.07, 6.45) is 0.756. The number of hydrogen-bond donors (Lipinski definition) is 1. The summed E-state index contributed by atoms with van der Waals surface area (Å²) in [5.74, 6) is -0.493. The number of carbonyl (C=O) groups is 2. The van der Waals surface area contributed by atoms with Gasteiger partial charge in [-0.1, -0.05) is 23.8 Å². The van der Waals surface area contributed by atoms with E-state index in [-0.39, 0.29) is 0 Å². The average molecular weight is 376 g/mol. The van der Waals surface area contributed by atoms with Crippen molar-refractivity contribution in [1.29, 1.82) is 0 Å². The lowest BCUT2D eigenvalue weighted by Crippen LogP contribution is -2.40. The van der Waals surface area contributed by atoms with E-state index in [1.54, 1.807) is 31.2 Å². The van der Waals surface area contributed by atoms with Crippen molar-refractivity contribution in [1.82, 2.24) is 9.99 Å². The van der Waals surface area contributed by atoms with Crippen molar-refractivity contribution >= 4 is 33.6 Å². The molecule has 0 aliphatic carbocycles. The molecule has 1 fully saturated rings. The molecule has 0 radical (unpaired) electrons. The standard InChI is InChI=1S/C16H14BrN3O3/c1-10-3-6-12(7-4-10)19-20-14(21)16(2,23-15(20)22)11-5-8-13(17)18-9-11/h3-9,19H,1-2H3. The van der Waals surface area contributed by atoms with Crippen LogP contribution in [0.15, 0.2) is 47.2 Å². The van der Waals surface area contributed by atoms with E-state index in [1.807, 2.05) is 19.1 Å². The predicted octanol–water partition coefficient (Wildman–Crippen LogP) is 3.37. The largest absolute Gasteiger partial charge is 0.437 e. The second kappa shape index (κ2) is 5.66. The smallest absolute Gasteiger partial charge is 0.426 e. The number of anilines is 1. The molecule has 0 bridgehead atoms. The molecule has 2 amide bonds. The zero-order valence-corrected chi connectivity index (χ0v) is 14.1. The van der Waals surface area contributed by atoms with Gasteiger partial charge in [0.15, 0.2) is 0 Å². The first-order chi connectivity index (χ1) is 10.9. The van der Waals surface area contributed by atoms with Crippen LogP contribution >= 0.6 is 15.9 Å². The average Bonchev–Trinajstić information content (AvgIpc) is 2.74. The Labute approximate surface area is 141 Å². The van der Waals surface area contributed by atoms with Gasteiger partial charge >= 0.3 is 6.09 Å². The van der Waals surface area contributed by atoms with Crippen molar-refractivity contribution in [2.75, 3.05) is 5.43 Å². The van der Waals surface area contributed by atoms with Crippen molar-refractivity contribution < 1.29 is 14.3 Å². The molecular weight excluding hydrogens is 362 g/mol. The number of cyclic esters (lactones) is 1. The van der Waals surface area contributed by atoms with E-state index in [9.17, 15) is 9.59 Å². The summed E-state index contributed by atoms with van der Waals surface area (Å²) in [6.45, 7) is 3.51. The van der Waals surface area contributed by atoms with Gasteiger partial charge in [-0.3, -0.25) is 10.2 Å². The number of ether oxygens (including phenoxy) is 1. The van der Waals surface area contributed by atoms with Gasteiger partial charge in [-0.2, -0.15) is 0 Å². The van der Waals surface area contributed by atoms with Gasteiger partial charge in [-0.25, -0.2) is 9.78 Å². The summed E-state index contributed by atoms with van der Waals surface area (Å²) in [7, 11) is 0. The van der Waals surface area contributed by atoms with E-state index in [0.717, 1.165) is 10.6 Å². The molecule has 0 saturated carbocycles. The van der Waals surface area contributed by atoms with Gasteiger partial charge < -0.3 is 4.74 Å². The van der Waals surface area contributed by atoms with Crippen molar-refractivity contribution in [3.05, 3.63) is 58.3 Å². The second-order valence-electron chi connectivity index (χ2n) is 5.39. The number of halogens is 1.